The first-order chi connectivity index (χ1) is 10.2. The van der Waals surface area contributed by atoms with Gasteiger partial charge in [-0.05, 0) is 24.3 Å². The second-order valence-corrected chi connectivity index (χ2v) is 4.79. The van der Waals surface area contributed by atoms with Crippen LogP contribution < -0.4 is 14.6 Å². The predicted molar refractivity (Wildman–Crippen MR) is 79.2 cm³/mol. The zero-order chi connectivity index (χ0) is 15.2. The number of hydrazine groups is 1. The van der Waals surface area contributed by atoms with Crippen molar-refractivity contribution in [3.63, 3.8) is 0 Å². The summed E-state index contributed by atoms with van der Waals surface area (Å²) < 4.78 is 28.9. The average molecular weight is 302 g/mol. The molecule has 108 valence electrons. The van der Waals surface area contributed by atoms with Gasteiger partial charge in [0.15, 0.2) is 0 Å². The first kappa shape index (κ1) is 14.8. The van der Waals surface area contributed by atoms with Crippen LogP contribution in [0.15, 0.2) is 48.5 Å². The Morgan fingerprint density at radius 2 is 2.00 bits per heavy atom. The molecule has 2 aromatic rings. The number of methoxy groups -OCH3 is 1. The van der Waals surface area contributed by atoms with E-state index in [0.29, 0.717) is 22.7 Å². The summed E-state index contributed by atoms with van der Waals surface area (Å²) in [4.78, 5) is 0. The summed E-state index contributed by atoms with van der Waals surface area (Å²) in [5.41, 5.74) is 4.07. The fourth-order valence-corrected chi connectivity index (χ4v) is 2.18. The molecule has 0 fully saturated rings. The molecule has 0 heterocycles. The van der Waals surface area contributed by atoms with Crippen molar-refractivity contribution in [2.45, 2.75) is 0 Å². The first-order valence-corrected chi connectivity index (χ1v) is 6.98. The van der Waals surface area contributed by atoms with Crippen molar-refractivity contribution in [3.8, 4) is 11.8 Å². The summed E-state index contributed by atoms with van der Waals surface area (Å²) in [7, 11) is 1.45. The second-order valence-electron chi connectivity index (χ2n) is 3.99. The Bertz CT molecular complexity index is 686. The SMILES string of the molecule is COc1cc(C#N)ccc1NN(c1ccccc1)S(=O)[O-]. The summed E-state index contributed by atoms with van der Waals surface area (Å²) >= 11 is -2.52. The molecule has 1 unspecified atom stereocenters. The third kappa shape index (κ3) is 3.51. The minimum absolute atomic E-state index is 0.375. The van der Waals surface area contributed by atoms with Crippen LogP contribution in [-0.2, 0) is 11.3 Å². The van der Waals surface area contributed by atoms with Gasteiger partial charge in [-0.25, -0.2) is 4.41 Å². The lowest BCUT2D eigenvalue weighted by atomic mass is 10.2. The molecule has 0 aromatic heterocycles. The fourth-order valence-electron chi connectivity index (χ4n) is 1.71. The van der Waals surface area contributed by atoms with Crippen LogP contribution in [0, 0.1) is 11.3 Å². The molecule has 0 saturated carbocycles. The number of hydrogen-bond acceptors (Lipinski definition) is 5. The van der Waals surface area contributed by atoms with E-state index in [4.69, 9.17) is 10.00 Å². The van der Waals surface area contributed by atoms with Crippen molar-refractivity contribution in [1.29, 1.82) is 5.26 Å². The predicted octanol–water partition coefficient (Wildman–Crippen LogP) is 2.19. The van der Waals surface area contributed by atoms with E-state index in [0.717, 1.165) is 4.41 Å². The second kappa shape index (κ2) is 6.74. The molecule has 1 N–H and O–H groups in total. The van der Waals surface area contributed by atoms with Crippen LogP contribution >= 0.6 is 0 Å². The van der Waals surface area contributed by atoms with Crippen LogP contribution in [0.4, 0.5) is 11.4 Å². The van der Waals surface area contributed by atoms with Gasteiger partial charge in [-0.15, -0.1) is 0 Å². The Morgan fingerprint density at radius 3 is 2.57 bits per heavy atom. The standard InChI is InChI=1S/C14H13N3O3S/c1-20-14-9-11(10-15)7-8-13(14)16-17(21(18)19)12-5-3-2-4-6-12/h2-9,16H,1H3,(H,18,19)/p-1. The molecule has 7 heteroatoms. The van der Waals surface area contributed by atoms with Crippen LogP contribution in [0.1, 0.15) is 5.56 Å². The number of rotatable bonds is 5. The van der Waals surface area contributed by atoms with E-state index in [-0.39, 0.29) is 0 Å². The molecule has 1 atom stereocenters. The van der Waals surface area contributed by atoms with Crippen LogP contribution in [-0.4, -0.2) is 15.9 Å². The molecule has 0 saturated heterocycles. The van der Waals surface area contributed by atoms with Gasteiger partial charge in [-0.1, -0.05) is 18.2 Å². The Hall–Kier alpha value is -2.56. The zero-order valence-corrected chi connectivity index (χ0v) is 12.0. The lowest BCUT2D eigenvalue weighted by molar-refractivity contribution is 0.416. The maximum absolute atomic E-state index is 11.4. The molecule has 2 rings (SSSR count). The van der Waals surface area contributed by atoms with Gasteiger partial charge in [0, 0.05) is 6.07 Å². The lowest BCUT2D eigenvalue weighted by Crippen LogP contribution is -2.31. The largest absolute Gasteiger partial charge is 0.754 e. The molecular weight excluding hydrogens is 290 g/mol. The number of anilines is 2. The third-order valence-electron chi connectivity index (χ3n) is 2.69. The molecule has 0 radical (unpaired) electrons. The highest BCUT2D eigenvalue weighted by Crippen LogP contribution is 2.27. The summed E-state index contributed by atoms with van der Waals surface area (Å²) in [6.07, 6.45) is 0. The Morgan fingerprint density at radius 1 is 1.29 bits per heavy atom. The van der Waals surface area contributed by atoms with Crippen molar-refractivity contribution in [2.24, 2.45) is 0 Å². The molecule has 6 nitrogen and oxygen atoms in total. The third-order valence-corrected chi connectivity index (χ3v) is 3.29. The average Bonchev–Trinajstić information content (AvgIpc) is 2.53. The fraction of sp³-hybridized carbons (Fsp3) is 0.0714. The van der Waals surface area contributed by atoms with Crippen LogP contribution in [0.25, 0.3) is 0 Å². The topological polar surface area (TPSA) is 88.4 Å². The number of para-hydroxylation sites is 1. The first-order valence-electron chi connectivity index (χ1n) is 5.95. The van der Waals surface area contributed by atoms with Gasteiger partial charge < -0.3 is 9.29 Å². The number of nitrogens with one attached hydrogen (secondary N) is 1. The number of hydrogen-bond donors (Lipinski definition) is 1. The van der Waals surface area contributed by atoms with Crippen molar-refractivity contribution >= 4 is 22.6 Å². The monoisotopic (exact) mass is 302 g/mol. The highest BCUT2D eigenvalue weighted by atomic mass is 32.2. The van der Waals surface area contributed by atoms with Crippen molar-refractivity contribution in [1.82, 2.24) is 0 Å². The molecule has 2 aromatic carbocycles. The molecule has 0 bridgehead atoms. The van der Waals surface area contributed by atoms with E-state index in [1.165, 1.54) is 13.2 Å². The van der Waals surface area contributed by atoms with Gasteiger partial charge in [0.25, 0.3) is 0 Å². The van der Waals surface area contributed by atoms with E-state index >= 15 is 0 Å². The van der Waals surface area contributed by atoms with Gasteiger partial charge in [-0.2, -0.15) is 5.26 Å². The van der Waals surface area contributed by atoms with Gasteiger partial charge in [0.2, 0.25) is 0 Å². The normalized spacial score (nSPS) is 11.3. The molecular formula is C14H12N3O3S-. The van der Waals surface area contributed by atoms with Crippen LogP contribution in [0.5, 0.6) is 5.75 Å². The maximum atomic E-state index is 11.4. The van der Waals surface area contributed by atoms with E-state index in [1.54, 1.807) is 42.5 Å². The lowest BCUT2D eigenvalue weighted by Gasteiger charge is -2.28. The molecule has 0 spiro atoms. The smallest absolute Gasteiger partial charge is 0.145 e. The number of benzene rings is 2. The Labute approximate surface area is 125 Å². The van der Waals surface area contributed by atoms with Crippen LogP contribution in [0.3, 0.4) is 0 Å². The van der Waals surface area contributed by atoms with Crippen molar-refractivity contribution in [2.75, 3.05) is 16.9 Å². The van der Waals surface area contributed by atoms with E-state index in [2.05, 4.69) is 5.43 Å². The van der Waals surface area contributed by atoms with E-state index in [9.17, 15) is 8.76 Å². The Kier molecular flexibility index (Phi) is 4.77. The molecule has 0 aliphatic carbocycles. The van der Waals surface area contributed by atoms with Crippen LogP contribution in [0.2, 0.25) is 0 Å². The highest BCUT2D eigenvalue weighted by molar-refractivity contribution is 7.80. The van der Waals surface area contributed by atoms with Gasteiger partial charge >= 0.3 is 0 Å². The molecule has 21 heavy (non-hydrogen) atoms. The minimum atomic E-state index is -2.52. The number of nitriles is 1. The van der Waals surface area contributed by atoms with Crippen molar-refractivity contribution < 1.29 is 13.5 Å². The van der Waals surface area contributed by atoms with Gasteiger partial charge in [0.05, 0.1) is 41.4 Å². The Balaban J connectivity index is 2.34. The van der Waals surface area contributed by atoms with Gasteiger partial charge in [-0.3, -0.25) is 9.63 Å². The molecule has 0 aliphatic heterocycles. The number of nitrogens with zero attached hydrogens (tertiary/aromatic N) is 2. The van der Waals surface area contributed by atoms with Crippen molar-refractivity contribution in [3.05, 3.63) is 54.1 Å². The summed E-state index contributed by atoms with van der Waals surface area (Å²) in [5.74, 6) is 0.375. The van der Waals surface area contributed by atoms with E-state index < -0.39 is 11.3 Å². The number of ether oxygens (including phenoxy) is 1. The minimum Gasteiger partial charge on any atom is -0.754 e. The zero-order valence-electron chi connectivity index (χ0n) is 11.1. The van der Waals surface area contributed by atoms with E-state index in [1.807, 2.05) is 6.07 Å². The summed E-state index contributed by atoms with van der Waals surface area (Å²) in [5, 5.41) is 8.86. The molecule has 0 aliphatic rings. The summed E-state index contributed by atoms with van der Waals surface area (Å²) in [6.45, 7) is 0. The molecule has 0 amide bonds. The maximum Gasteiger partial charge on any atom is 0.145 e. The van der Waals surface area contributed by atoms with Gasteiger partial charge in [0.1, 0.15) is 5.75 Å². The highest BCUT2D eigenvalue weighted by Gasteiger charge is 2.11. The summed E-state index contributed by atoms with van der Waals surface area (Å²) in [6, 6.07) is 15.2. The quantitative estimate of drug-likeness (QED) is 0.675.